The van der Waals surface area contributed by atoms with Crippen LogP contribution in [0.3, 0.4) is 0 Å². The first kappa shape index (κ1) is 83.8. The topological polar surface area (TPSA) is 221 Å². The van der Waals surface area contributed by atoms with Crippen molar-refractivity contribution in [2.24, 2.45) is 45.3 Å². The van der Waals surface area contributed by atoms with Gasteiger partial charge in [0.15, 0.2) is 5.78 Å². The van der Waals surface area contributed by atoms with Crippen molar-refractivity contribution >= 4 is 53.0 Å². The van der Waals surface area contributed by atoms with Gasteiger partial charge in [-0.2, -0.15) is 0 Å². The Morgan fingerprint density at radius 3 is 1.07 bits per heavy atom. The average molecular weight is 1350 g/mol. The van der Waals surface area contributed by atoms with Crippen LogP contribution in [0.15, 0.2) is 0 Å². The van der Waals surface area contributed by atoms with Gasteiger partial charge in [-0.3, -0.25) is 43.2 Å². The van der Waals surface area contributed by atoms with E-state index in [1.165, 1.54) is 0 Å². The van der Waals surface area contributed by atoms with Crippen molar-refractivity contribution in [1.82, 2.24) is 50.7 Å². The quantitative estimate of drug-likeness (QED) is 0.0898. The lowest BCUT2D eigenvalue weighted by atomic mass is 9.82. The molecule has 0 radical (unpaired) electrons. The normalized spacial score (nSPS) is 23.5. The van der Waals surface area contributed by atoms with E-state index in [1.807, 2.05) is 46.4 Å². The minimum atomic E-state index is -0.721. The number of carbonyl (C=O) groups is 9. The van der Waals surface area contributed by atoms with Crippen LogP contribution in [0.25, 0.3) is 0 Å². The number of nitrogens with one attached hydrogen (secondary N) is 4. The maximum Gasteiger partial charge on any atom is 0.248 e. The van der Waals surface area contributed by atoms with E-state index in [4.69, 9.17) is 0 Å². The van der Waals surface area contributed by atoms with E-state index in [-0.39, 0.29) is 106 Å². The van der Waals surface area contributed by atoms with Gasteiger partial charge in [-0.05, 0) is 179 Å². The summed E-state index contributed by atoms with van der Waals surface area (Å²) >= 11 is 0. The van der Waals surface area contributed by atoms with Crippen molar-refractivity contribution in [2.75, 3.05) is 45.8 Å². The van der Waals surface area contributed by atoms with Crippen molar-refractivity contribution in [2.45, 2.75) is 348 Å². The summed E-state index contributed by atoms with van der Waals surface area (Å²) in [6.45, 7) is 57.6. The Balaban J connectivity index is 0.000000313. The summed E-state index contributed by atoms with van der Waals surface area (Å²) in [5, 5.41) is 13.5. The molecule has 0 aliphatic carbocycles. The highest BCUT2D eigenvalue weighted by molar-refractivity contribution is 5.98. The Morgan fingerprint density at radius 1 is 0.427 bits per heavy atom. The molecule has 6 rings (SSSR count). The minimum absolute atomic E-state index is 0.0133. The minimum Gasteiger partial charge on any atom is -0.351 e. The van der Waals surface area contributed by atoms with Gasteiger partial charge in [0.1, 0.15) is 29.7 Å². The Labute approximate surface area is 583 Å². The SMILES string of the molecule is CC(C)(C)C(=O)CN1CCC[C@]2(CCCN2C(=O)C(C)(C)C)C1=O.CC(C)CC(NC(=O)[C@@H]1CCCN1C(=O)[C@@H]1CCCN1C(=O)[C@H](CC(C)C)NC(C)(C)C)C(C)(C)C.CC(C)CC(NC(C)(C)C)C(=O)N1CCC[C@@H]1C(=O)N1CCC[C@H]1C(=O)NC(CC(C)C)C(C)(C)C. The second-order valence-electron chi connectivity index (χ2n) is 37.4. The Kier molecular flexibility index (Phi) is 29.8. The van der Waals surface area contributed by atoms with Gasteiger partial charge in [-0.15, -0.1) is 0 Å². The van der Waals surface area contributed by atoms with E-state index in [2.05, 4.69) is 160 Å². The molecular formula is C77H140N10O9. The molecule has 0 saturated carbocycles. The zero-order chi connectivity index (χ0) is 73.2. The standard InChI is InChI=1S/2C29H54N4O3.C19H32N2O3/c2*1-19(2)17-21(31-29(8,9)10)26(35)33-16-12-14-23(33)27(36)32-15-11-13-22(32)25(34)30-24(18-20(3)4)28(5,6)7;1-17(2,3)14(22)13-20-11-7-9-19(16(20)24)10-8-12-21(19)15(23)18(4,5)6/h2*19-24,31H,11-18H2,1-10H3,(H,30,34);7-13H2,1-6H3/t21?,22-,23+,24?;21-,22-,23-,24?;19-/m000/s1. The maximum atomic E-state index is 13.8. The third-order valence-electron chi connectivity index (χ3n) is 19.9. The van der Waals surface area contributed by atoms with Crippen LogP contribution in [0.1, 0.15) is 283 Å². The van der Waals surface area contributed by atoms with E-state index in [1.54, 1.807) is 24.5 Å². The molecule has 4 N–H and O–H groups in total. The predicted octanol–water partition coefficient (Wildman–Crippen LogP) is 11.3. The number of likely N-dealkylation sites (tertiary alicyclic amines) is 6. The first-order valence-electron chi connectivity index (χ1n) is 37.4. The van der Waals surface area contributed by atoms with Gasteiger partial charge in [0.05, 0.1) is 18.6 Å². The van der Waals surface area contributed by atoms with Crippen LogP contribution in [-0.2, 0) is 43.2 Å². The first-order chi connectivity index (χ1) is 43.9. The Hall–Kier alpha value is -4.65. The van der Waals surface area contributed by atoms with Crippen LogP contribution in [0.4, 0.5) is 0 Å². The molecule has 0 bridgehead atoms. The molecule has 96 heavy (non-hydrogen) atoms. The lowest BCUT2D eigenvalue weighted by molar-refractivity contribution is -0.160. The largest absolute Gasteiger partial charge is 0.351 e. The fraction of sp³-hybridized carbons (Fsp3) is 0.883. The molecule has 6 aliphatic rings. The van der Waals surface area contributed by atoms with Crippen LogP contribution in [0.5, 0.6) is 0 Å². The first-order valence-corrected chi connectivity index (χ1v) is 37.4. The number of hydrogen-bond donors (Lipinski definition) is 4. The molecular weight excluding hydrogens is 1210 g/mol. The van der Waals surface area contributed by atoms with E-state index >= 15 is 0 Å². The van der Waals surface area contributed by atoms with Gasteiger partial charge in [0.2, 0.25) is 47.3 Å². The van der Waals surface area contributed by atoms with Crippen LogP contribution in [-0.4, -0.2) is 193 Å². The molecule has 8 amide bonds. The molecule has 0 aromatic heterocycles. The monoisotopic (exact) mass is 1350 g/mol. The Bertz CT molecular complexity index is 2500. The van der Waals surface area contributed by atoms with Crippen molar-refractivity contribution in [3.63, 3.8) is 0 Å². The molecule has 3 unspecified atom stereocenters. The molecule has 9 atom stereocenters. The van der Waals surface area contributed by atoms with E-state index in [9.17, 15) is 43.2 Å². The second kappa shape index (κ2) is 34.1. The van der Waals surface area contributed by atoms with E-state index in [0.29, 0.717) is 101 Å². The smallest absolute Gasteiger partial charge is 0.248 e. The molecule has 6 heterocycles. The van der Waals surface area contributed by atoms with Crippen molar-refractivity contribution in [3.8, 4) is 0 Å². The lowest BCUT2D eigenvalue weighted by Crippen LogP contribution is -2.63. The van der Waals surface area contributed by atoms with Crippen molar-refractivity contribution in [1.29, 1.82) is 0 Å². The van der Waals surface area contributed by atoms with Crippen molar-refractivity contribution < 1.29 is 43.2 Å². The van der Waals surface area contributed by atoms with Gasteiger partial charge >= 0.3 is 0 Å². The van der Waals surface area contributed by atoms with Crippen LogP contribution in [0.2, 0.25) is 0 Å². The van der Waals surface area contributed by atoms with Gasteiger partial charge < -0.3 is 50.7 Å². The highest BCUT2D eigenvalue weighted by Gasteiger charge is 2.55. The maximum absolute atomic E-state index is 13.8. The molecule has 6 fully saturated rings. The van der Waals surface area contributed by atoms with Crippen LogP contribution < -0.4 is 21.3 Å². The zero-order valence-electron chi connectivity index (χ0n) is 65.5. The summed E-state index contributed by atoms with van der Waals surface area (Å²) in [6.07, 6.45) is 12.3. The molecule has 1 spiro atoms. The van der Waals surface area contributed by atoms with Gasteiger partial charge in [0, 0.05) is 73.3 Å². The number of hydrogen-bond acceptors (Lipinski definition) is 11. The summed E-state index contributed by atoms with van der Waals surface area (Å²) in [5.41, 5.74) is -2.21. The lowest BCUT2D eigenvalue weighted by Gasteiger charge is -2.46. The Morgan fingerprint density at radius 2 is 0.760 bits per heavy atom. The summed E-state index contributed by atoms with van der Waals surface area (Å²) in [5.74, 6) is 1.54. The number of amides is 8. The summed E-state index contributed by atoms with van der Waals surface area (Å²) < 4.78 is 0. The van der Waals surface area contributed by atoms with E-state index < -0.39 is 40.5 Å². The molecule has 19 nitrogen and oxygen atoms in total. The zero-order valence-corrected chi connectivity index (χ0v) is 65.5. The highest BCUT2D eigenvalue weighted by Crippen LogP contribution is 2.41. The van der Waals surface area contributed by atoms with Crippen LogP contribution >= 0.6 is 0 Å². The number of nitrogens with zero attached hydrogens (tertiary/aromatic N) is 6. The fourth-order valence-corrected chi connectivity index (χ4v) is 14.8. The summed E-state index contributed by atoms with van der Waals surface area (Å²) in [6, 6.07) is -2.40. The molecule has 6 aliphatic heterocycles. The fourth-order valence-electron chi connectivity index (χ4n) is 14.8. The molecule has 0 aromatic rings. The highest BCUT2D eigenvalue weighted by atomic mass is 16.2. The number of rotatable bonds is 20. The number of piperidine rings is 1. The summed E-state index contributed by atoms with van der Waals surface area (Å²) in [4.78, 5) is 131. The summed E-state index contributed by atoms with van der Waals surface area (Å²) in [7, 11) is 0. The third-order valence-corrected chi connectivity index (χ3v) is 19.9. The predicted molar refractivity (Wildman–Crippen MR) is 386 cm³/mol. The molecule has 19 heteroatoms. The third kappa shape index (κ3) is 23.8. The average Bonchev–Trinajstić information content (AvgIpc) is 1.52. The second-order valence-corrected chi connectivity index (χ2v) is 37.4. The molecule has 552 valence electrons. The number of carbonyl (C=O) groups excluding carboxylic acids is 9. The van der Waals surface area contributed by atoms with Gasteiger partial charge in [-0.1, -0.05) is 138 Å². The van der Waals surface area contributed by atoms with Crippen molar-refractivity contribution in [3.05, 3.63) is 0 Å². The van der Waals surface area contributed by atoms with Gasteiger partial charge in [0.25, 0.3) is 0 Å². The number of ketones is 1. The van der Waals surface area contributed by atoms with Crippen LogP contribution in [0, 0.1) is 45.3 Å². The molecule has 6 saturated heterocycles. The molecule has 0 aromatic carbocycles. The van der Waals surface area contributed by atoms with Gasteiger partial charge in [-0.25, -0.2) is 0 Å². The van der Waals surface area contributed by atoms with E-state index in [0.717, 1.165) is 64.2 Å². The number of Topliss-reactive ketones (excluding diaryl/α,β-unsaturated/α-hetero) is 1.